The van der Waals surface area contributed by atoms with Gasteiger partial charge < -0.3 is 0 Å². The maximum atomic E-state index is 12.9. The zero-order valence-electron chi connectivity index (χ0n) is 9.17. The highest BCUT2D eigenvalue weighted by molar-refractivity contribution is 9.10. The lowest BCUT2D eigenvalue weighted by Gasteiger charge is -2.09. The van der Waals surface area contributed by atoms with Crippen LogP contribution in [0.2, 0.25) is 0 Å². The Labute approximate surface area is 103 Å². The molecule has 0 amide bonds. The molecule has 16 heavy (non-hydrogen) atoms. The minimum atomic E-state index is -0.279. The zero-order valence-corrected chi connectivity index (χ0v) is 10.8. The van der Waals surface area contributed by atoms with Gasteiger partial charge in [-0.1, -0.05) is 28.9 Å². The highest BCUT2D eigenvalue weighted by atomic mass is 79.9. The molecule has 1 fully saturated rings. The van der Waals surface area contributed by atoms with Gasteiger partial charge in [-0.05, 0) is 36.5 Å². The molecule has 1 aliphatic rings. The molecule has 1 atom stereocenters. The minimum absolute atomic E-state index is 0.150. The van der Waals surface area contributed by atoms with Crippen LogP contribution in [0, 0.1) is 17.7 Å². The maximum Gasteiger partial charge on any atom is 0.140 e. The second-order valence-corrected chi connectivity index (χ2v) is 5.36. The molecule has 2 rings (SSSR count). The van der Waals surface area contributed by atoms with Crippen molar-refractivity contribution in [3.05, 3.63) is 34.1 Å². The minimum Gasteiger partial charge on any atom is -0.299 e. The maximum absolute atomic E-state index is 12.9. The summed E-state index contributed by atoms with van der Waals surface area (Å²) in [5.74, 6) is 0.719. The SMILES string of the molecule is CC(C(=O)Cc1ccc(F)cc1Br)C1CC1. The van der Waals surface area contributed by atoms with Crippen LogP contribution in [0.3, 0.4) is 0 Å². The average molecular weight is 285 g/mol. The summed E-state index contributed by atoms with van der Waals surface area (Å²) in [5.41, 5.74) is 0.874. The van der Waals surface area contributed by atoms with Crippen LogP contribution in [-0.4, -0.2) is 5.78 Å². The number of ketones is 1. The van der Waals surface area contributed by atoms with E-state index in [0.717, 1.165) is 5.56 Å². The van der Waals surface area contributed by atoms with E-state index in [0.29, 0.717) is 16.8 Å². The van der Waals surface area contributed by atoms with Gasteiger partial charge in [-0.2, -0.15) is 0 Å². The van der Waals surface area contributed by atoms with Crippen LogP contribution >= 0.6 is 15.9 Å². The van der Waals surface area contributed by atoms with Crippen LogP contribution in [0.1, 0.15) is 25.3 Å². The smallest absolute Gasteiger partial charge is 0.140 e. The molecule has 0 aromatic heterocycles. The summed E-state index contributed by atoms with van der Waals surface area (Å²) < 4.78 is 13.6. The van der Waals surface area contributed by atoms with Gasteiger partial charge in [0.2, 0.25) is 0 Å². The molecular weight excluding hydrogens is 271 g/mol. The quantitative estimate of drug-likeness (QED) is 0.823. The van der Waals surface area contributed by atoms with Gasteiger partial charge in [0, 0.05) is 16.8 Å². The van der Waals surface area contributed by atoms with E-state index in [1.165, 1.54) is 25.0 Å². The number of Topliss-reactive ketones (excluding diaryl/α,β-unsaturated/α-hetero) is 1. The Morgan fingerprint density at radius 1 is 1.56 bits per heavy atom. The molecule has 86 valence electrons. The second kappa shape index (κ2) is 4.66. The summed E-state index contributed by atoms with van der Waals surface area (Å²) in [5, 5.41) is 0. The predicted octanol–water partition coefficient (Wildman–Crippen LogP) is 3.75. The van der Waals surface area contributed by atoms with E-state index in [-0.39, 0.29) is 17.5 Å². The highest BCUT2D eigenvalue weighted by Gasteiger charge is 2.32. The summed E-state index contributed by atoms with van der Waals surface area (Å²) >= 11 is 3.29. The highest BCUT2D eigenvalue weighted by Crippen LogP contribution is 2.37. The van der Waals surface area contributed by atoms with E-state index >= 15 is 0 Å². The molecule has 1 aromatic rings. The zero-order chi connectivity index (χ0) is 11.7. The van der Waals surface area contributed by atoms with E-state index in [1.54, 1.807) is 6.07 Å². The third-order valence-electron chi connectivity index (χ3n) is 3.22. The van der Waals surface area contributed by atoms with Crippen molar-refractivity contribution in [1.29, 1.82) is 0 Å². The third-order valence-corrected chi connectivity index (χ3v) is 3.95. The fourth-order valence-electron chi connectivity index (χ4n) is 1.87. The predicted molar refractivity (Wildman–Crippen MR) is 64.7 cm³/mol. The Bertz CT molecular complexity index is 412. The molecule has 0 heterocycles. The van der Waals surface area contributed by atoms with Gasteiger partial charge in [0.05, 0.1) is 0 Å². The van der Waals surface area contributed by atoms with Crippen molar-refractivity contribution in [3.8, 4) is 0 Å². The lowest BCUT2D eigenvalue weighted by atomic mass is 9.95. The number of halogens is 2. The van der Waals surface area contributed by atoms with Gasteiger partial charge in [0.15, 0.2) is 0 Å². The average Bonchev–Trinajstić information content (AvgIpc) is 3.04. The van der Waals surface area contributed by atoms with Crippen molar-refractivity contribution in [2.45, 2.75) is 26.2 Å². The fraction of sp³-hybridized carbons (Fsp3) is 0.462. The molecule has 3 heteroatoms. The molecular formula is C13H14BrFO. The lowest BCUT2D eigenvalue weighted by Crippen LogP contribution is -2.15. The van der Waals surface area contributed by atoms with Gasteiger partial charge in [0.25, 0.3) is 0 Å². The Kier molecular flexibility index (Phi) is 3.43. The van der Waals surface area contributed by atoms with Crippen LogP contribution < -0.4 is 0 Å². The topological polar surface area (TPSA) is 17.1 Å². The van der Waals surface area contributed by atoms with Crippen LogP contribution in [-0.2, 0) is 11.2 Å². The normalized spacial score (nSPS) is 17.2. The number of hydrogen-bond acceptors (Lipinski definition) is 1. The molecule has 1 nitrogen and oxygen atoms in total. The molecule has 1 saturated carbocycles. The number of hydrogen-bond donors (Lipinski definition) is 0. The first-order valence-electron chi connectivity index (χ1n) is 5.54. The Morgan fingerprint density at radius 3 is 2.81 bits per heavy atom. The molecule has 0 N–H and O–H groups in total. The van der Waals surface area contributed by atoms with Crippen LogP contribution in [0.4, 0.5) is 4.39 Å². The van der Waals surface area contributed by atoms with Crippen LogP contribution in [0.5, 0.6) is 0 Å². The van der Waals surface area contributed by atoms with E-state index in [1.807, 2.05) is 6.92 Å². The van der Waals surface area contributed by atoms with E-state index < -0.39 is 0 Å². The monoisotopic (exact) mass is 284 g/mol. The van der Waals surface area contributed by atoms with Gasteiger partial charge in [-0.25, -0.2) is 4.39 Å². The molecule has 0 radical (unpaired) electrons. The second-order valence-electron chi connectivity index (χ2n) is 4.50. The largest absolute Gasteiger partial charge is 0.299 e. The third kappa shape index (κ3) is 2.70. The van der Waals surface area contributed by atoms with Gasteiger partial charge in [0.1, 0.15) is 11.6 Å². The standard InChI is InChI=1S/C13H14BrFO/c1-8(9-2-3-9)13(16)6-10-4-5-11(15)7-12(10)14/h4-5,7-9H,2-3,6H2,1H3. The van der Waals surface area contributed by atoms with E-state index in [9.17, 15) is 9.18 Å². The molecule has 0 saturated heterocycles. The summed E-state index contributed by atoms with van der Waals surface area (Å²) in [6, 6.07) is 4.48. The van der Waals surface area contributed by atoms with Gasteiger partial charge >= 0.3 is 0 Å². The number of rotatable bonds is 4. The van der Waals surface area contributed by atoms with E-state index in [4.69, 9.17) is 0 Å². The van der Waals surface area contributed by atoms with Crippen molar-refractivity contribution < 1.29 is 9.18 Å². The van der Waals surface area contributed by atoms with Crippen LogP contribution in [0.15, 0.2) is 22.7 Å². The van der Waals surface area contributed by atoms with E-state index in [2.05, 4.69) is 15.9 Å². The van der Waals surface area contributed by atoms with Gasteiger partial charge in [-0.3, -0.25) is 4.79 Å². The number of benzene rings is 1. The molecule has 1 aliphatic carbocycles. The molecule has 0 bridgehead atoms. The first-order valence-corrected chi connectivity index (χ1v) is 6.34. The Morgan fingerprint density at radius 2 is 2.25 bits per heavy atom. The van der Waals surface area contributed by atoms with Crippen molar-refractivity contribution in [3.63, 3.8) is 0 Å². The first-order chi connectivity index (χ1) is 7.58. The fourth-order valence-corrected chi connectivity index (χ4v) is 2.36. The van der Waals surface area contributed by atoms with Crippen molar-refractivity contribution in [1.82, 2.24) is 0 Å². The summed E-state index contributed by atoms with van der Waals surface area (Å²) in [6.07, 6.45) is 2.76. The summed E-state index contributed by atoms with van der Waals surface area (Å²) in [6.45, 7) is 2.00. The van der Waals surface area contributed by atoms with Crippen molar-refractivity contribution in [2.24, 2.45) is 11.8 Å². The summed E-state index contributed by atoms with van der Waals surface area (Å²) in [7, 11) is 0. The molecule has 1 aromatic carbocycles. The Hall–Kier alpha value is -0.700. The lowest BCUT2D eigenvalue weighted by molar-refractivity contribution is -0.122. The molecule has 1 unspecified atom stereocenters. The molecule has 0 aliphatic heterocycles. The van der Waals surface area contributed by atoms with Crippen LogP contribution in [0.25, 0.3) is 0 Å². The van der Waals surface area contributed by atoms with Gasteiger partial charge in [-0.15, -0.1) is 0 Å². The summed E-state index contributed by atoms with van der Waals surface area (Å²) in [4.78, 5) is 11.9. The number of carbonyl (C=O) groups excluding carboxylic acids is 1. The molecule has 0 spiro atoms. The van der Waals surface area contributed by atoms with Crippen molar-refractivity contribution >= 4 is 21.7 Å². The first kappa shape index (κ1) is 11.8. The Balaban J connectivity index is 2.05. The number of carbonyl (C=O) groups is 1. The van der Waals surface area contributed by atoms with Crippen molar-refractivity contribution in [2.75, 3.05) is 0 Å².